The number of likely N-dealkylation sites (tertiary alicyclic amines) is 1. The molecule has 6 heteroatoms. The van der Waals surface area contributed by atoms with Crippen molar-refractivity contribution in [2.24, 2.45) is 5.41 Å². The van der Waals surface area contributed by atoms with Crippen LogP contribution in [0.25, 0.3) is 0 Å². The Labute approximate surface area is 136 Å². The topological polar surface area (TPSA) is 75.8 Å². The Morgan fingerprint density at radius 3 is 2.74 bits per heavy atom. The monoisotopic (exact) mass is 322 g/mol. The highest BCUT2D eigenvalue weighted by Gasteiger charge is 2.56. The molecule has 0 radical (unpaired) electrons. The summed E-state index contributed by atoms with van der Waals surface area (Å²) >= 11 is 0. The summed E-state index contributed by atoms with van der Waals surface area (Å²) in [6.07, 6.45) is 2.07. The summed E-state index contributed by atoms with van der Waals surface area (Å²) in [6, 6.07) is 1.73. The minimum Gasteiger partial charge on any atom is -0.392 e. The van der Waals surface area contributed by atoms with Gasteiger partial charge in [-0.15, -0.1) is 0 Å². The fourth-order valence-electron chi connectivity index (χ4n) is 3.76. The third-order valence-corrected chi connectivity index (χ3v) is 5.42. The standard InChI is InChI=1S/C17H26N2O4/c1-4-22-15-10-14(20)17(15)5-7-19(8-6-17)16(21)13-9-12(11(2)3)18-23-13/h9,11,14-15,20H,4-8,10H2,1-3H3/t14-,15-/m1/s1. The highest BCUT2D eigenvalue weighted by Crippen LogP contribution is 2.51. The Balaban J connectivity index is 1.63. The van der Waals surface area contributed by atoms with E-state index in [1.165, 1.54) is 0 Å². The Kier molecular flexibility index (Phi) is 4.47. The van der Waals surface area contributed by atoms with Gasteiger partial charge in [0.05, 0.1) is 17.9 Å². The fourth-order valence-corrected chi connectivity index (χ4v) is 3.76. The van der Waals surface area contributed by atoms with Crippen LogP contribution < -0.4 is 0 Å². The molecule has 1 aliphatic heterocycles. The quantitative estimate of drug-likeness (QED) is 0.919. The van der Waals surface area contributed by atoms with Crippen LogP contribution in [0.15, 0.2) is 10.6 Å². The number of hydrogen-bond acceptors (Lipinski definition) is 5. The van der Waals surface area contributed by atoms with Gasteiger partial charge in [0.25, 0.3) is 5.91 Å². The minimum absolute atomic E-state index is 0.110. The number of aromatic nitrogens is 1. The van der Waals surface area contributed by atoms with Crippen molar-refractivity contribution in [1.82, 2.24) is 10.1 Å². The molecule has 1 aromatic rings. The van der Waals surface area contributed by atoms with Gasteiger partial charge in [0.2, 0.25) is 5.76 Å². The Hall–Kier alpha value is -1.40. The van der Waals surface area contributed by atoms with Crippen molar-refractivity contribution in [2.45, 2.75) is 58.2 Å². The predicted octanol–water partition coefficient (Wildman–Crippen LogP) is 2.19. The van der Waals surface area contributed by atoms with Crippen molar-refractivity contribution >= 4 is 5.91 Å². The summed E-state index contributed by atoms with van der Waals surface area (Å²) in [5, 5.41) is 14.2. The van der Waals surface area contributed by atoms with Gasteiger partial charge in [-0.2, -0.15) is 0 Å². The summed E-state index contributed by atoms with van der Waals surface area (Å²) in [7, 11) is 0. The number of aliphatic hydroxyl groups excluding tert-OH is 1. The van der Waals surface area contributed by atoms with Gasteiger partial charge in [-0.3, -0.25) is 4.79 Å². The normalized spacial score (nSPS) is 26.6. The average Bonchev–Trinajstić information content (AvgIpc) is 3.04. The van der Waals surface area contributed by atoms with E-state index in [1.807, 2.05) is 20.8 Å². The SMILES string of the molecule is CCO[C@@H]1C[C@@H](O)C12CCN(C(=O)c1cc(C(C)C)no1)CC2. The van der Waals surface area contributed by atoms with Crippen molar-refractivity contribution in [3.8, 4) is 0 Å². The lowest BCUT2D eigenvalue weighted by Crippen LogP contribution is -2.62. The molecule has 3 rings (SSSR count). The third kappa shape index (κ3) is 2.78. The lowest BCUT2D eigenvalue weighted by Gasteiger charge is -2.56. The molecule has 2 aliphatic rings. The highest BCUT2D eigenvalue weighted by molar-refractivity contribution is 5.91. The van der Waals surface area contributed by atoms with E-state index in [-0.39, 0.29) is 29.4 Å². The zero-order valence-electron chi connectivity index (χ0n) is 14.1. The van der Waals surface area contributed by atoms with E-state index >= 15 is 0 Å². The van der Waals surface area contributed by atoms with Crippen LogP contribution in [0.2, 0.25) is 0 Å². The Morgan fingerprint density at radius 2 is 2.22 bits per heavy atom. The van der Waals surface area contributed by atoms with Crippen LogP contribution in [0.3, 0.4) is 0 Å². The summed E-state index contributed by atoms with van der Waals surface area (Å²) in [4.78, 5) is 14.3. The van der Waals surface area contributed by atoms with Crippen LogP contribution in [0, 0.1) is 5.41 Å². The first-order chi connectivity index (χ1) is 11.0. The van der Waals surface area contributed by atoms with E-state index in [0.29, 0.717) is 31.9 Å². The molecular formula is C17H26N2O4. The van der Waals surface area contributed by atoms with E-state index < -0.39 is 0 Å². The first-order valence-corrected chi connectivity index (χ1v) is 8.53. The number of piperidine rings is 1. The number of rotatable bonds is 4. The molecule has 23 heavy (non-hydrogen) atoms. The van der Waals surface area contributed by atoms with Crippen LogP contribution in [0.1, 0.15) is 62.2 Å². The summed E-state index contributed by atoms with van der Waals surface area (Å²) in [5.74, 6) is 0.434. The average molecular weight is 322 g/mol. The minimum atomic E-state index is -0.311. The molecule has 0 unspecified atom stereocenters. The number of carbonyl (C=O) groups is 1. The maximum atomic E-state index is 12.5. The molecule has 2 heterocycles. The summed E-state index contributed by atoms with van der Waals surface area (Å²) in [5.41, 5.74) is 0.629. The Bertz CT molecular complexity index is 559. The molecule has 1 aromatic heterocycles. The summed E-state index contributed by atoms with van der Waals surface area (Å²) in [6.45, 7) is 7.92. The van der Waals surface area contributed by atoms with Crippen LogP contribution in [0.5, 0.6) is 0 Å². The van der Waals surface area contributed by atoms with Crippen molar-refractivity contribution in [3.63, 3.8) is 0 Å². The number of aliphatic hydroxyl groups is 1. The maximum absolute atomic E-state index is 12.5. The molecule has 2 fully saturated rings. The van der Waals surface area contributed by atoms with Gasteiger partial charge in [0.1, 0.15) is 0 Å². The molecule has 1 N–H and O–H groups in total. The van der Waals surface area contributed by atoms with Gasteiger partial charge in [0, 0.05) is 37.6 Å². The van der Waals surface area contributed by atoms with Gasteiger partial charge < -0.3 is 19.3 Å². The largest absolute Gasteiger partial charge is 0.392 e. The second-order valence-corrected chi connectivity index (χ2v) is 6.99. The van der Waals surface area contributed by atoms with E-state index in [0.717, 1.165) is 18.5 Å². The first kappa shape index (κ1) is 16.5. The molecule has 1 saturated heterocycles. The number of hydrogen-bond donors (Lipinski definition) is 1. The van der Waals surface area contributed by atoms with E-state index in [4.69, 9.17) is 9.26 Å². The van der Waals surface area contributed by atoms with E-state index in [2.05, 4.69) is 5.16 Å². The van der Waals surface area contributed by atoms with Gasteiger partial charge in [-0.1, -0.05) is 19.0 Å². The van der Waals surface area contributed by atoms with Gasteiger partial charge in [-0.25, -0.2) is 0 Å². The smallest absolute Gasteiger partial charge is 0.292 e. The zero-order chi connectivity index (χ0) is 16.6. The Morgan fingerprint density at radius 1 is 1.52 bits per heavy atom. The number of ether oxygens (including phenoxy) is 1. The van der Waals surface area contributed by atoms with Crippen LogP contribution in [-0.2, 0) is 4.74 Å². The van der Waals surface area contributed by atoms with E-state index in [9.17, 15) is 9.90 Å². The van der Waals surface area contributed by atoms with Crippen molar-refractivity contribution in [2.75, 3.05) is 19.7 Å². The molecule has 1 aliphatic carbocycles. The van der Waals surface area contributed by atoms with Crippen LogP contribution >= 0.6 is 0 Å². The molecule has 1 spiro atoms. The molecule has 6 nitrogen and oxygen atoms in total. The third-order valence-electron chi connectivity index (χ3n) is 5.42. The second kappa shape index (κ2) is 6.24. The van der Waals surface area contributed by atoms with Gasteiger partial charge in [0.15, 0.2) is 0 Å². The number of carbonyl (C=O) groups excluding carboxylic acids is 1. The molecule has 2 atom stereocenters. The molecule has 128 valence electrons. The van der Waals surface area contributed by atoms with Crippen molar-refractivity contribution in [1.29, 1.82) is 0 Å². The zero-order valence-corrected chi connectivity index (χ0v) is 14.1. The van der Waals surface area contributed by atoms with Crippen LogP contribution in [0.4, 0.5) is 0 Å². The maximum Gasteiger partial charge on any atom is 0.292 e. The molecule has 1 saturated carbocycles. The van der Waals surface area contributed by atoms with Crippen LogP contribution in [-0.4, -0.2) is 53.0 Å². The lowest BCUT2D eigenvalue weighted by atomic mass is 9.58. The van der Waals surface area contributed by atoms with Crippen molar-refractivity contribution in [3.05, 3.63) is 17.5 Å². The molecular weight excluding hydrogens is 296 g/mol. The number of amides is 1. The van der Waals surface area contributed by atoms with Crippen molar-refractivity contribution < 1.29 is 19.2 Å². The molecule has 1 amide bonds. The van der Waals surface area contributed by atoms with E-state index in [1.54, 1.807) is 11.0 Å². The number of nitrogens with zero attached hydrogens (tertiary/aromatic N) is 2. The van der Waals surface area contributed by atoms with Gasteiger partial charge >= 0.3 is 0 Å². The fraction of sp³-hybridized carbons (Fsp3) is 0.765. The highest BCUT2D eigenvalue weighted by atomic mass is 16.5. The predicted molar refractivity (Wildman–Crippen MR) is 84.2 cm³/mol. The second-order valence-electron chi connectivity index (χ2n) is 6.99. The lowest BCUT2D eigenvalue weighted by molar-refractivity contribution is -0.207. The first-order valence-electron chi connectivity index (χ1n) is 8.53. The van der Waals surface area contributed by atoms with Gasteiger partial charge in [-0.05, 0) is 25.7 Å². The summed E-state index contributed by atoms with van der Waals surface area (Å²) < 4.78 is 11.0. The molecule has 0 aromatic carbocycles. The molecule has 0 bridgehead atoms.